The van der Waals surface area contributed by atoms with Gasteiger partial charge in [-0.2, -0.15) is 0 Å². The van der Waals surface area contributed by atoms with Crippen molar-refractivity contribution >= 4 is 32.2 Å². The summed E-state index contributed by atoms with van der Waals surface area (Å²) in [5.41, 5.74) is 2.49. The summed E-state index contributed by atoms with van der Waals surface area (Å²) in [6.07, 6.45) is 1.72. The van der Waals surface area contributed by atoms with E-state index >= 15 is 0 Å². The summed E-state index contributed by atoms with van der Waals surface area (Å²) >= 11 is 0. The molecule has 0 bridgehead atoms. The Bertz CT molecular complexity index is 1040. The molecule has 4 N–H and O–H groups in total. The zero-order valence-corrected chi connectivity index (χ0v) is 15.9. The predicted molar refractivity (Wildman–Crippen MR) is 107 cm³/mol. The molecule has 3 rings (SSSR count). The molecule has 0 saturated carbocycles. The number of nitrogens with zero attached hydrogens (tertiary/aromatic N) is 1. The minimum Gasteiger partial charge on any atom is -0.497 e. The van der Waals surface area contributed by atoms with E-state index < -0.39 is 16.0 Å². The van der Waals surface area contributed by atoms with Crippen LogP contribution in [0.4, 0.5) is 11.4 Å². The van der Waals surface area contributed by atoms with Gasteiger partial charge in [-0.3, -0.25) is 4.98 Å². The summed E-state index contributed by atoms with van der Waals surface area (Å²) in [6.45, 7) is 1.49. The van der Waals surface area contributed by atoms with Gasteiger partial charge in [0.15, 0.2) is 0 Å². The molecule has 1 unspecified atom stereocenters. The molecular weight excluding hydrogens is 364 g/mol. The topological polar surface area (TPSA) is 107 Å². The van der Waals surface area contributed by atoms with E-state index in [0.29, 0.717) is 4.90 Å². The molecule has 0 spiro atoms. The van der Waals surface area contributed by atoms with Crippen molar-refractivity contribution in [2.75, 3.05) is 19.0 Å². The highest BCUT2D eigenvalue weighted by Gasteiger charge is 2.13. The van der Waals surface area contributed by atoms with Gasteiger partial charge >= 0.3 is 0 Å². The lowest BCUT2D eigenvalue weighted by Crippen LogP contribution is -2.34. The van der Waals surface area contributed by atoms with Gasteiger partial charge in [-0.05, 0) is 49.4 Å². The van der Waals surface area contributed by atoms with Gasteiger partial charge in [-0.15, -0.1) is 0 Å². The molecule has 0 saturated heterocycles. The smallest absolute Gasteiger partial charge is 0.134 e. The Morgan fingerprint density at radius 3 is 2.63 bits per heavy atom. The number of pyridine rings is 1. The zero-order chi connectivity index (χ0) is 19.4. The zero-order valence-electron chi connectivity index (χ0n) is 15.1. The number of aliphatic hydroxyl groups excluding tert-OH is 1. The van der Waals surface area contributed by atoms with E-state index in [2.05, 4.69) is 15.0 Å². The van der Waals surface area contributed by atoms with E-state index in [1.165, 1.54) is 0 Å². The molecular formula is C19H22N4O3S. The third-order valence-corrected chi connectivity index (χ3v) is 5.73. The van der Waals surface area contributed by atoms with Crippen LogP contribution in [0.3, 0.4) is 0 Å². The fraction of sp³-hybridized carbons (Fsp3) is 0.211. The van der Waals surface area contributed by atoms with Crippen LogP contribution < -0.4 is 14.8 Å². The summed E-state index contributed by atoms with van der Waals surface area (Å²) in [4.78, 5) is 4.72. The molecule has 8 heteroatoms. The number of nitrogens with one attached hydrogen (secondary N) is 3. The monoisotopic (exact) mass is 386 g/mol. The molecule has 0 aliphatic carbocycles. The fourth-order valence-corrected chi connectivity index (χ4v) is 3.93. The number of ether oxygens (including phenoxy) is 1. The molecule has 142 valence electrons. The van der Waals surface area contributed by atoms with Crippen LogP contribution in [-0.2, 0) is 9.92 Å². The van der Waals surface area contributed by atoms with E-state index in [-0.39, 0.29) is 6.61 Å². The Morgan fingerprint density at radius 2 is 1.96 bits per heavy atom. The number of hydrogen-bond donors (Lipinski definition) is 4. The van der Waals surface area contributed by atoms with Gasteiger partial charge in [0, 0.05) is 35.1 Å². The molecule has 1 aromatic heterocycles. The van der Waals surface area contributed by atoms with Crippen LogP contribution in [0.2, 0.25) is 0 Å². The van der Waals surface area contributed by atoms with Crippen molar-refractivity contribution in [3.05, 3.63) is 54.7 Å². The normalized spacial score (nSPS) is 14.5. The number of methoxy groups -OCH3 is 1. The molecule has 3 aromatic rings. The molecule has 2 aromatic carbocycles. The van der Waals surface area contributed by atoms with Crippen molar-refractivity contribution in [2.24, 2.45) is 0 Å². The van der Waals surface area contributed by atoms with Gasteiger partial charge in [-0.1, -0.05) is 0 Å². The summed E-state index contributed by atoms with van der Waals surface area (Å²) in [6, 6.07) is 14.0. The second kappa shape index (κ2) is 7.91. The van der Waals surface area contributed by atoms with Crippen molar-refractivity contribution < 1.29 is 14.1 Å². The Morgan fingerprint density at radius 1 is 1.22 bits per heavy atom. The molecule has 0 aliphatic rings. The van der Waals surface area contributed by atoms with E-state index in [4.69, 9.17) is 14.6 Å². The highest BCUT2D eigenvalue weighted by atomic mass is 32.2. The van der Waals surface area contributed by atoms with Gasteiger partial charge < -0.3 is 15.2 Å². The van der Waals surface area contributed by atoms with Crippen LogP contribution in [0, 0.1) is 4.78 Å². The maximum absolute atomic E-state index is 12.5. The Hall–Kier alpha value is -2.68. The summed E-state index contributed by atoms with van der Waals surface area (Å²) in [7, 11) is -1.55. The maximum atomic E-state index is 12.5. The average molecular weight is 386 g/mol. The molecule has 0 aliphatic heterocycles. The van der Waals surface area contributed by atoms with E-state index in [0.717, 1.165) is 28.0 Å². The Balaban J connectivity index is 1.84. The molecule has 0 radical (unpaired) electrons. The van der Waals surface area contributed by atoms with Gasteiger partial charge in [0.05, 0.1) is 24.1 Å². The maximum Gasteiger partial charge on any atom is 0.134 e. The van der Waals surface area contributed by atoms with E-state index in [1.54, 1.807) is 44.5 Å². The highest BCUT2D eigenvalue weighted by molar-refractivity contribution is 7.90. The van der Waals surface area contributed by atoms with Crippen LogP contribution in [-0.4, -0.2) is 34.1 Å². The average Bonchev–Trinajstić information content (AvgIpc) is 2.67. The summed E-state index contributed by atoms with van der Waals surface area (Å²) in [5.74, 6) is 0.742. The molecule has 0 fully saturated rings. The molecule has 1 heterocycles. The van der Waals surface area contributed by atoms with Crippen molar-refractivity contribution in [1.82, 2.24) is 9.71 Å². The van der Waals surface area contributed by atoms with Crippen LogP contribution >= 0.6 is 0 Å². The first-order valence-corrected chi connectivity index (χ1v) is 9.95. The minimum atomic E-state index is -3.17. The molecule has 27 heavy (non-hydrogen) atoms. The molecule has 0 amide bonds. The Labute approximate surface area is 158 Å². The summed E-state index contributed by atoms with van der Waals surface area (Å²) < 4.78 is 28.3. The predicted octanol–water partition coefficient (Wildman–Crippen LogP) is 3.28. The van der Waals surface area contributed by atoms with Crippen LogP contribution in [0.25, 0.3) is 10.9 Å². The number of hydrogen-bond acceptors (Lipinski definition) is 6. The third kappa shape index (κ3) is 4.36. The third-order valence-electron chi connectivity index (χ3n) is 4.06. The van der Waals surface area contributed by atoms with Gasteiger partial charge in [0.1, 0.15) is 15.7 Å². The standard InChI is InChI=1S/C19H22N4O3S/c1-13(12-24)23-27(20,25)16-6-3-14(4-7-16)22-18-9-10-21-19-11-15(26-2)5-8-17(18)19/h3-11,13,24H,12H2,1-2H3,(H,21,22)(H2,20,23,25)/t13-,27?/m0/s1. The molecule has 2 atom stereocenters. The van der Waals surface area contributed by atoms with Gasteiger partial charge in [0.2, 0.25) is 0 Å². The van der Waals surface area contributed by atoms with E-state index in [9.17, 15) is 4.21 Å². The number of aromatic nitrogens is 1. The van der Waals surface area contributed by atoms with Crippen LogP contribution in [0.1, 0.15) is 6.92 Å². The fourth-order valence-electron chi connectivity index (χ4n) is 2.64. The lowest BCUT2D eigenvalue weighted by molar-refractivity contribution is 0.266. The molecule has 7 nitrogen and oxygen atoms in total. The second-order valence-corrected chi connectivity index (χ2v) is 7.97. The lowest BCUT2D eigenvalue weighted by atomic mass is 10.1. The first-order valence-electron chi connectivity index (χ1n) is 8.40. The largest absolute Gasteiger partial charge is 0.497 e. The first kappa shape index (κ1) is 19.1. The number of fused-ring (bicyclic) bond motifs is 1. The van der Waals surface area contributed by atoms with Gasteiger partial charge in [0.25, 0.3) is 0 Å². The number of benzene rings is 2. The SMILES string of the molecule is COc1ccc2c(Nc3ccc(S(=N)(=O)N[C@@H](C)CO)cc3)ccnc2c1. The minimum absolute atomic E-state index is 0.185. The van der Waals surface area contributed by atoms with Gasteiger partial charge in [-0.25, -0.2) is 13.7 Å². The Kier molecular flexibility index (Phi) is 5.59. The number of rotatable bonds is 7. The van der Waals surface area contributed by atoms with Crippen molar-refractivity contribution in [1.29, 1.82) is 4.78 Å². The van der Waals surface area contributed by atoms with Crippen molar-refractivity contribution in [3.63, 3.8) is 0 Å². The highest BCUT2D eigenvalue weighted by Crippen LogP contribution is 2.28. The lowest BCUT2D eigenvalue weighted by Gasteiger charge is -2.15. The number of anilines is 2. The quantitative estimate of drug-likeness (QED) is 0.498. The van der Waals surface area contributed by atoms with Crippen molar-refractivity contribution in [3.8, 4) is 5.75 Å². The van der Waals surface area contributed by atoms with Crippen LogP contribution in [0.15, 0.2) is 59.6 Å². The number of aliphatic hydroxyl groups is 1. The first-order chi connectivity index (χ1) is 12.9. The van der Waals surface area contributed by atoms with Crippen molar-refractivity contribution in [2.45, 2.75) is 17.9 Å². The second-order valence-electron chi connectivity index (χ2n) is 6.15. The van der Waals surface area contributed by atoms with Crippen LogP contribution in [0.5, 0.6) is 5.75 Å². The summed E-state index contributed by atoms with van der Waals surface area (Å²) in [5, 5.41) is 13.3. The van der Waals surface area contributed by atoms with E-state index in [1.807, 2.05) is 24.3 Å².